The van der Waals surface area contributed by atoms with Crippen molar-refractivity contribution in [3.05, 3.63) is 70.8 Å². The zero-order valence-electron chi connectivity index (χ0n) is 21.5. The molecule has 0 saturated heterocycles. The minimum atomic E-state index is -4.42. The van der Waals surface area contributed by atoms with Crippen LogP contribution in [0.2, 0.25) is 0 Å². The van der Waals surface area contributed by atoms with Gasteiger partial charge in [-0.15, -0.1) is 0 Å². The van der Waals surface area contributed by atoms with Gasteiger partial charge in [0.25, 0.3) is 0 Å². The lowest BCUT2D eigenvalue weighted by Gasteiger charge is -2.13. The van der Waals surface area contributed by atoms with Gasteiger partial charge in [0.05, 0.1) is 18.2 Å². The maximum atomic E-state index is 12.7. The third-order valence-corrected chi connectivity index (χ3v) is 4.90. The fourth-order valence-corrected chi connectivity index (χ4v) is 2.97. The fraction of sp³-hybridized carbons (Fsp3) is 0.333. The summed E-state index contributed by atoms with van der Waals surface area (Å²) in [5, 5.41) is 14.3. The van der Waals surface area contributed by atoms with Crippen LogP contribution in [-0.4, -0.2) is 37.2 Å². The molecule has 0 unspecified atom stereocenters. The van der Waals surface area contributed by atoms with Gasteiger partial charge in [0.15, 0.2) is 0 Å². The number of carboxylic acid groups (broad SMARTS) is 1. The Morgan fingerprint density at radius 2 is 1.21 bits per heavy atom. The van der Waals surface area contributed by atoms with Gasteiger partial charge in [0.1, 0.15) is 0 Å². The molecule has 0 heterocycles. The van der Waals surface area contributed by atoms with Crippen molar-refractivity contribution in [3.63, 3.8) is 0 Å². The number of rotatable bonds is 10. The van der Waals surface area contributed by atoms with Gasteiger partial charge in [-0.1, -0.05) is 26.0 Å². The Morgan fingerprint density at radius 1 is 0.795 bits per heavy atom. The van der Waals surface area contributed by atoms with Crippen LogP contribution in [0.5, 0.6) is 0 Å². The van der Waals surface area contributed by atoms with Crippen molar-refractivity contribution in [2.24, 2.45) is 0 Å². The van der Waals surface area contributed by atoms with Crippen LogP contribution < -0.4 is 10.6 Å². The van der Waals surface area contributed by atoms with Crippen LogP contribution >= 0.6 is 0 Å². The molecule has 0 spiro atoms. The van der Waals surface area contributed by atoms with Gasteiger partial charge in [-0.3, -0.25) is 0 Å². The van der Waals surface area contributed by atoms with E-state index in [0.29, 0.717) is 29.9 Å². The summed E-state index contributed by atoms with van der Waals surface area (Å²) in [6.07, 6.45) is -2.55. The average molecular weight is 561 g/mol. The van der Waals surface area contributed by atoms with Gasteiger partial charge in [0.2, 0.25) is 0 Å². The number of ether oxygens (including phenoxy) is 1. The molecule has 0 fully saturated rings. The summed E-state index contributed by atoms with van der Waals surface area (Å²) in [5.41, 5.74) is 0.0154. The number of hydrogen-bond donors (Lipinski definition) is 3. The van der Waals surface area contributed by atoms with E-state index in [0.717, 1.165) is 43.2 Å². The molecule has 2 aromatic carbocycles. The number of carbonyl (C=O) groups excluding carboxylic acids is 1. The number of methoxy groups -OCH3 is 1. The highest BCUT2D eigenvalue weighted by Crippen LogP contribution is 2.33. The third-order valence-electron chi connectivity index (χ3n) is 4.90. The first-order valence-electron chi connectivity index (χ1n) is 11.8. The van der Waals surface area contributed by atoms with Crippen LogP contribution in [0, 0.1) is 0 Å². The maximum Gasteiger partial charge on any atom is 0.416 e. The molecule has 0 saturated carbocycles. The lowest BCUT2D eigenvalue weighted by molar-refractivity contribution is -0.138. The van der Waals surface area contributed by atoms with Gasteiger partial charge in [0, 0.05) is 36.6 Å². The SMILES string of the molecule is CCCNc1cc(C(F)(F)F)ccc1C=CC(=O)O.CCCNc1cc(C(F)(F)F)ccc1C=CC(=O)OC. The van der Waals surface area contributed by atoms with E-state index in [1.54, 1.807) is 0 Å². The number of alkyl halides is 6. The van der Waals surface area contributed by atoms with Crippen molar-refractivity contribution in [2.45, 2.75) is 39.0 Å². The van der Waals surface area contributed by atoms with Crippen molar-refractivity contribution in [1.29, 1.82) is 0 Å². The van der Waals surface area contributed by atoms with Crippen molar-refractivity contribution in [3.8, 4) is 0 Å². The lowest BCUT2D eigenvalue weighted by Crippen LogP contribution is -2.08. The van der Waals surface area contributed by atoms with Crippen LogP contribution in [0.3, 0.4) is 0 Å². The smallest absolute Gasteiger partial charge is 0.416 e. The van der Waals surface area contributed by atoms with E-state index in [1.807, 2.05) is 13.8 Å². The number of carbonyl (C=O) groups is 2. The van der Waals surface area contributed by atoms with Gasteiger partial charge < -0.3 is 20.5 Å². The standard InChI is InChI=1S/C14H16F3NO2.C13H14F3NO2/c1-3-8-18-12-9-11(14(15,16)17)6-4-10(12)5-7-13(19)20-2;1-2-7-17-11-8-10(13(14,15)16)5-3-9(11)4-6-12(18)19/h4-7,9,18H,3,8H2,1-2H3;3-6,8,17H,2,7H2,1H3,(H,18,19). The van der Waals surface area contributed by atoms with Crippen LogP contribution in [-0.2, 0) is 26.7 Å². The van der Waals surface area contributed by atoms with E-state index in [9.17, 15) is 35.9 Å². The molecule has 0 aliphatic carbocycles. The molecule has 2 rings (SSSR count). The highest BCUT2D eigenvalue weighted by Gasteiger charge is 2.31. The van der Waals surface area contributed by atoms with Crippen molar-refractivity contribution in [2.75, 3.05) is 30.8 Å². The predicted octanol–water partition coefficient (Wildman–Crippen LogP) is 7.34. The first-order valence-corrected chi connectivity index (χ1v) is 11.8. The zero-order valence-corrected chi connectivity index (χ0v) is 21.5. The summed E-state index contributed by atoms with van der Waals surface area (Å²) in [4.78, 5) is 21.5. The number of benzene rings is 2. The predicted molar refractivity (Wildman–Crippen MR) is 138 cm³/mol. The molecule has 214 valence electrons. The monoisotopic (exact) mass is 560 g/mol. The molecular formula is C27H30F6N2O4. The van der Waals surface area contributed by atoms with Crippen molar-refractivity contribution < 1.29 is 45.8 Å². The Morgan fingerprint density at radius 3 is 1.54 bits per heavy atom. The summed E-state index contributed by atoms with van der Waals surface area (Å²) in [7, 11) is 1.23. The molecule has 2 aromatic rings. The van der Waals surface area contributed by atoms with E-state index < -0.39 is 35.4 Å². The first-order chi connectivity index (χ1) is 18.2. The molecule has 3 N–H and O–H groups in total. The van der Waals surface area contributed by atoms with E-state index in [4.69, 9.17) is 5.11 Å². The minimum Gasteiger partial charge on any atom is -0.478 e. The van der Waals surface area contributed by atoms with Crippen LogP contribution in [0.25, 0.3) is 12.2 Å². The molecular weight excluding hydrogens is 530 g/mol. The lowest BCUT2D eigenvalue weighted by atomic mass is 10.1. The van der Waals surface area contributed by atoms with E-state index in [2.05, 4.69) is 15.4 Å². The van der Waals surface area contributed by atoms with Crippen LogP contribution in [0.4, 0.5) is 37.7 Å². The Hall–Kier alpha value is -3.96. The van der Waals surface area contributed by atoms with Crippen LogP contribution in [0.1, 0.15) is 48.9 Å². The highest BCUT2D eigenvalue weighted by atomic mass is 19.4. The van der Waals surface area contributed by atoms with E-state index in [-0.39, 0.29) is 5.69 Å². The number of aliphatic carboxylic acids is 1. The number of carboxylic acids is 1. The number of esters is 1. The third kappa shape index (κ3) is 12.0. The summed E-state index contributed by atoms with van der Waals surface area (Å²) in [5.74, 6) is -1.72. The number of halogens is 6. The molecule has 0 aromatic heterocycles. The molecule has 0 amide bonds. The quantitative estimate of drug-likeness (QED) is 0.160. The van der Waals surface area contributed by atoms with E-state index >= 15 is 0 Å². The van der Waals surface area contributed by atoms with Crippen molar-refractivity contribution in [1.82, 2.24) is 0 Å². The Kier molecular flexibility index (Phi) is 13.1. The summed E-state index contributed by atoms with van der Waals surface area (Å²) < 4.78 is 80.2. The normalized spacial score (nSPS) is 11.7. The average Bonchev–Trinajstić information content (AvgIpc) is 2.87. The van der Waals surface area contributed by atoms with E-state index in [1.165, 1.54) is 37.5 Å². The molecule has 12 heteroatoms. The maximum absolute atomic E-state index is 12.7. The second-order valence-corrected chi connectivity index (χ2v) is 7.98. The molecule has 6 nitrogen and oxygen atoms in total. The van der Waals surface area contributed by atoms with Crippen molar-refractivity contribution >= 4 is 35.5 Å². The molecule has 0 aliphatic heterocycles. The van der Waals surface area contributed by atoms with Gasteiger partial charge in [-0.05, 0) is 60.4 Å². The second-order valence-electron chi connectivity index (χ2n) is 7.98. The number of nitrogens with one attached hydrogen (secondary N) is 2. The summed E-state index contributed by atoms with van der Waals surface area (Å²) >= 11 is 0. The Bertz CT molecular complexity index is 1160. The number of anilines is 2. The second kappa shape index (κ2) is 15.5. The van der Waals surface area contributed by atoms with Crippen LogP contribution in [0.15, 0.2) is 48.6 Å². The summed E-state index contributed by atoms with van der Waals surface area (Å²) in [6.45, 7) is 4.84. The Labute approximate surface area is 222 Å². The topological polar surface area (TPSA) is 87.7 Å². The molecule has 0 atom stereocenters. The van der Waals surface area contributed by atoms with Gasteiger partial charge in [-0.2, -0.15) is 26.3 Å². The molecule has 39 heavy (non-hydrogen) atoms. The summed E-state index contributed by atoms with van der Waals surface area (Å²) in [6, 6.07) is 6.50. The van der Waals surface area contributed by atoms with Gasteiger partial charge in [-0.25, -0.2) is 9.59 Å². The zero-order chi connectivity index (χ0) is 29.6. The van der Waals surface area contributed by atoms with Gasteiger partial charge >= 0.3 is 24.3 Å². The highest BCUT2D eigenvalue weighted by molar-refractivity contribution is 5.88. The fourth-order valence-electron chi connectivity index (χ4n) is 2.97. The largest absolute Gasteiger partial charge is 0.478 e. The first kappa shape index (κ1) is 33.1. The molecule has 0 aliphatic rings. The Balaban J connectivity index is 0.000000391. The molecule has 0 radical (unpaired) electrons. The number of hydrogen-bond acceptors (Lipinski definition) is 5. The minimum absolute atomic E-state index is 0.272. The molecule has 0 bridgehead atoms.